The van der Waals surface area contributed by atoms with Gasteiger partial charge in [0.15, 0.2) is 5.49 Å². The molecule has 0 spiro atoms. The number of hydrogen-bond acceptors (Lipinski definition) is 7. The Balaban J connectivity index is 1.75. The number of aromatic nitrogens is 1. The third kappa shape index (κ3) is 4.56. The molecule has 1 aromatic rings. The lowest BCUT2D eigenvalue weighted by Gasteiger charge is -2.38. The van der Waals surface area contributed by atoms with Gasteiger partial charge in [0, 0.05) is 44.8 Å². The van der Waals surface area contributed by atoms with Crippen LogP contribution in [0.4, 0.5) is 4.79 Å². The molecular weight excluding hydrogens is 370 g/mol. The van der Waals surface area contributed by atoms with Gasteiger partial charge < -0.3 is 14.7 Å². The first-order chi connectivity index (χ1) is 12.8. The quantitative estimate of drug-likeness (QED) is 0.791. The Morgan fingerprint density at radius 1 is 1.33 bits per heavy atom. The molecule has 0 saturated carbocycles. The standard InChI is InChI=1S/C18H26ClN5O3/c1-12(2)8-13(11-23-4-6-24(7-5-23)17(25)27-3)18(26)21-15-9-14(19)10-20-16(15)22-18/h9-10,12-13,26H,4-8,11H2,1-3H3/t13-,18?/m0/s1. The van der Waals surface area contributed by atoms with Crippen LogP contribution in [-0.4, -0.2) is 71.7 Å². The average Bonchev–Trinajstić information content (AvgIpc) is 2.97. The molecule has 1 unspecified atom stereocenters. The highest BCUT2D eigenvalue weighted by molar-refractivity contribution is 6.30. The highest BCUT2D eigenvalue weighted by atomic mass is 35.5. The number of nitrogens with zero attached hydrogens (tertiary/aromatic N) is 5. The number of methoxy groups -OCH3 is 1. The van der Waals surface area contributed by atoms with Crippen LogP contribution < -0.4 is 10.8 Å². The molecule has 3 heterocycles. The van der Waals surface area contributed by atoms with E-state index in [-0.39, 0.29) is 12.0 Å². The molecule has 0 radical (unpaired) electrons. The summed E-state index contributed by atoms with van der Waals surface area (Å²) in [6.07, 6.45) is 1.98. The largest absolute Gasteiger partial charge is 0.453 e. The number of ether oxygens (including phenoxy) is 1. The zero-order valence-corrected chi connectivity index (χ0v) is 16.7. The maximum atomic E-state index is 11.7. The van der Waals surface area contributed by atoms with E-state index in [2.05, 4.69) is 33.7 Å². The van der Waals surface area contributed by atoms with Crippen LogP contribution in [0.3, 0.4) is 0 Å². The van der Waals surface area contributed by atoms with Crippen LogP contribution in [0, 0.1) is 11.8 Å². The molecule has 1 amide bonds. The van der Waals surface area contributed by atoms with Gasteiger partial charge in [0.1, 0.15) is 5.36 Å². The lowest BCUT2D eigenvalue weighted by Crippen LogP contribution is -2.52. The van der Waals surface area contributed by atoms with Crippen molar-refractivity contribution in [1.29, 1.82) is 0 Å². The normalized spacial score (nSPS) is 23.6. The fourth-order valence-electron chi connectivity index (χ4n) is 3.61. The molecule has 2 aliphatic rings. The van der Waals surface area contributed by atoms with E-state index < -0.39 is 5.85 Å². The van der Waals surface area contributed by atoms with Crippen LogP contribution in [0.15, 0.2) is 22.2 Å². The first kappa shape index (κ1) is 20.0. The number of fused-ring (bicyclic) bond motifs is 1. The predicted molar refractivity (Wildman–Crippen MR) is 99.9 cm³/mol. The number of halogens is 1. The number of carbonyl (C=O) groups excluding carboxylic acids is 1. The number of hydrogen-bond donors (Lipinski definition) is 1. The highest BCUT2D eigenvalue weighted by Crippen LogP contribution is 2.29. The summed E-state index contributed by atoms with van der Waals surface area (Å²) >= 11 is 5.99. The number of rotatable bonds is 5. The Labute approximate surface area is 163 Å². The minimum Gasteiger partial charge on any atom is -0.453 e. The van der Waals surface area contributed by atoms with Crippen molar-refractivity contribution in [2.45, 2.75) is 26.1 Å². The van der Waals surface area contributed by atoms with Gasteiger partial charge in [-0.05, 0) is 18.4 Å². The minimum absolute atomic E-state index is 0.185. The second-order valence-electron chi connectivity index (χ2n) is 7.49. The van der Waals surface area contributed by atoms with Crippen LogP contribution in [-0.2, 0) is 4.74 Å². The van der Waals surface area contributed by atoms with E-state index >= 15 is 0 Å². The maximum Gasteiger partial charge on any atom is 0.409 e. The molecule has 0 bridgehead atoms. The van der Waals surface area contributed by atoms with Gasteiger partial charge in [-0.2, -0.15) is 0 Å². The Kier molecular flexibility index (Phi) is 5.98. The number of amides is 1. The van der Waals surface area contributed by atoms with E-state index in [1.165, 1.54) is 13.3 Å². The summed E-state index contributed by atoms with van der Waals surface area (Å²) in [7, 11) is 1.39. The van der Waals surface area contributed by atoms with Crippen LogP contribution in [0.2, 0.25) is 5.02 Å². The average molecular weight is 396 g/mol. The van der Waals surface area contributed by atoms with E-state index in [1.807, 2.05) is 0 Å². The molecule has 1 N–H and O–H groups in total. The van der Waals surface area contributed by atoms with E-state index in [9.17, 15) is 9.90 Å². The van der Waals surface area contributed by atoms with Gasteiger partial charge in [0.25, 0.3) is 5.85 Å². The Hall–Kier alpha value is -1.77. The Bertz CT molecular complexity index is 810. The third-order valence-electron chi connectivity index (χ3n) is 4.96. The molecule has 2 atom stereocenters. The van der Waals surface area contributed by atoms with Crippen molar-refractivity contribution in [2.24, 2.45) is 21.8 Å². The molecular formula is C18H26ClN5O3. The van der Waals surface area contributed by atoms with Gasteiger partial charge in [-0.25, -0.2) is 19.8 Å². The maximum absolute atomic E-state index is 11.7. The summed E-state index contributed by atoms with van der Waals surface area (Å²) in [5.41, 5.74) is 0.422. The highest BCUT2D eigenvalue weighted by Gasteiger charge is 2.40. The number of pyridine rings is 1. The van der Waals surface area contributed by atoms with Crippen molar-refractivity contribution in [2.75, 3.05) is 39.8 Å². The molecule has 1 aromatic heterocycles. The van der Waals surface area contributed by atoms with Gasteiger partial charge in [-0.3, -0.25) is 4.90 Å². The zero-order chi connectivity index (χ0) is 19.6. The van der Waals surface area contributed by atoms with Crippen LogP contribution in [0.25, 0.3) is 0 Å². The van der Waals surface area contributed by atoms with Crippen LogP contribution in [0.5, 0.6) is 0 Å². The van der Waals surface area contributed by atoms with Crippen molar-refractivity contribution in [3.63, 3.8) is 0 Å². The van der Waals surface area contributed by atoms with E-state index in [0.29, 0.717) is 41.4 Å². The molecule has 2 aliphatic heterocycles. The molecule has 148 valence electrons. The van der Waals surface area contributed by atoms with Gasteiger partial charge in [-0.1, -0.05) is 25.4 Å². The fourth-order valence-corrected chi connectivity index (χ4v) is 3.76. The predicted octanol–water partition coefficient (Wildman–Crippen LogP) is 0.680. The second kappa shape index (κ2) is 8.08. The smallest absolute Gasteiger partial charge is 0.409 e. The van der Waals surface area contributed by atoms with E-state index in [1.54, 1.807) is 11.0 Å². The van der Waals surface area contributed by atoms with Crippen molar-refractivity contribution < 1.29 is 14.6 Å². The lowest BCUT2D eigenvalue weighted by molar-refractivity contribution is -0.0314. The lowest BCUT2D eigenvalue weighted by atomic mass is 9.91. The summed E-state index contributed by atoms with van der Waals surface area (Å²) in [5.74, 6) is -1.35. The zero-order valence-electron chi connectivity index (χ0n) is 15.9. The van der Waals surface area contributed by atoms with Crippen molar-refractivity contribution in [3.05, 3.63) is 28.1 Å². The van der Waals surface area contributed by atoms with E-state index in [4.69, 9.17) is 16.3 Å². The molecule has 1 fully saturated rings. The number of piperazine rings is 1. The fraction of sp³-hybridized carbons (Fsp3) is 0.667. The van der Waals surface area contributed by atoms with Crippen molar-refractivity contribution in [1.82, 2.24) is 14.8 Å². The molecule has 3 rings (SSSR count). The first-order valence-corrected chi connectivity index (χ1v) is 9.57. The van der Waals surface area contributed by atoms with E-state index in [0.717, 1.165) is 19.5 Å². The topological polar surface area (TPSA) is 90.6 Å². The van der Waals surface area contributed by atoms with Crippen LogP contribution >= 0.6 is 11.6 Å². The third-order valence-corrected chi connectivity index (χ3v) is 5.16. The minimum atomic E-state index is -1.54. The SMILES string of the molecule is COC(=O)N1CCN(C[C@H](CC(C)C)C2(O)N=c3cc(Cl)cnc3=N2)CC1. The van der Waals surface area contributed by atoms with Gasteiger partial charge in [0.05, 0.1) is 12.1 Å². The van der Waals surface area contributed by atoms with Crippen molar-refractivity contribution >= 4 is 17.7 Å². The monoisotopic (exact) mass is 395 g/mol. The summed E-state index contributed by atoms with van der Waals surface area (Å²) in [5, 5.41) is 12.2. The van der Waals surface area contributed by atoms with Gasteiger partial charge >= 0.3 is 6.09 Å². The molecule has 27 heavy (non-hydrogen) atoms. The summed E-state index contributed by atoms with van der Waals surface area (Å²) in [4.78, 5) is 28.6. The molecule has 1 saturated heterocycles. The Morgan fingerprint density at radius 2 is 2.04 bits per heavy atom. The van der Waals surface area contributed by atoms with Crippen molar-refractivity contribution in [3.8, 4) is 0 Å². The summed E-state index contributed by atoms with van der Waals surface area (Å²) < 4.78 is 4.78. The molecule has 9 heteroatoms. The second-order valence-corrected chi connectivity index (χ2v) is 7.93. The van der Waals surface area contributed by atoms with Gasteiger partial charge in [0.2, 0.25) is 0 Å². The number of aliphatic hydroxyl groups is 1. The molecule has 0 aromatic carbocycles. The van der Waals surface area contributed by atoms with Gasteiger partial charge in [-0.15, -0.1) is 0 Å². The molecule has 0 aliphatic carbocycles. The molecule has 8 nitrogen and oxygen atoms in total. The summed E-state index contributed by atoms with van der Waals surface area (Å²) in [6.45, 7) is 7.51. The first-order valence-electron chi connectivity index (χ1n) is 9.19. The summed E-state index contributed by atoms with van der Waals surface area (Å²) in [6, 6.07) is 1.67. The number of carbonyl (C=O) groups is 1. The van der Waals surface area contributed by atoms with Crippen LogP contribution in [0.1, 0.15) is 20.3 Å². The Morgan fingerprint density at radius 3 is 2.67 bits per heavy atom.